The van der Waals surface area contributed by atoms with Crippen molar-refractivity contribution in [1.29, 1.82) is 0 Å². The Labute approximate surface area is 94.7 Å². The molecule has 80 valence electrons. The van der Waals surface area contributed by atoms with Crippen LogP contribution in [0, 0.1) is 0 Å². The number of nitrogens with one attached hydrogen (secondary N) is 1. The van der Waals surface area contributed by atoms with Gasteiger partial charge in [0, 0.05) is 16.7 Å². The lowest BCUT2D eigenvalue weighted by Crippen LogP contribution is -2.25. The van der Waals surface area contributed by atoms with Crippen molar-refractivity contribution in [3.05, 3.63) is 0 Å². The van der Waals surface area contributed by atoms with E-state index in [4.69, 9.17) is 0 Å². The van der Waals surface area contributed by atoms with Gasteiger partial charge in [0.1, 0.15) is 0 Å². The van der Waals surface area contributed by atoms with Crippen molar-refractivity contribution in [3.8, 4) is 0 Å². The van der Waals surface area contributed by atoms with Gasteiger partial charge in [0.2, 0.25) is 0 Å². The van der Waals surface area contributed by atoms with Crippen LogP contribution in [0.3, 0.4) is 0 Å². The van der Waals surface area contributed by atoms with Gasteiger partial charge in [0.25, 0.3) is 0 Å². The Morgan fingerprint density at radius 3 is 2.46 bits per heavy atom. The Morgan fingerprint density at radius 1 is 1.23 bits per heavy atom. The van der Waals surface area contributed by atoms with Crippen LogP contribution in [0.1, 0.15) is 19.8 Å². The molecule has 0 atom stereocenters. The van der Waals surface area contributed by atoms with Crippen LogP contribution < -0.4 is 5.32 Å². The third kappa shape index (κ3) is 8.96. The van der Waals surface area contributed by atoms with Crippen molar-refractivity contribution in [3.63, 3.8) is 0 Å². The molecule has 1 N–H and O–H groups in total. The molecule has 0 saturated heterocycles. The first kappa shape index (κ1) is 13.6. The van der Waals surface area contributed by atoms with Crippen molar-refractivity contribution in [2.75, 3.05) is 29.0 Å². The molecule has 0 bridgehead atoms. The van der Waals surface area contributed by atoms with Gasteiger partial charge < -0.3 is 5.32 Å². The fraction of sp³-hybridized carbons (Fsp3) is 1.00. The van der Waals surface area contributed by atoms with Gasteiger partial charge in [-0.05, 0) is 19.4 Å². The first-order valence-corrected chi connectivity index (χ1v) is 7.94. The van der Waals surface area contributed by atoms with Gasteiger partial charge in [-0.3, -0.25) is 0 Å². The van der Waals surface area contributed by atoms with E-state index in [2.05, 4.69) is 27.9 Å². The van der Waals surface area contributed by atoms with E-state index in [0.717, 1.165) is 23.8 Å². The van der Waals surface area contributed by atoms with E-state index in [1.165, 1.54) is 0 Å². The third-order valence-electron chi connectivity index (χ3n) is 1.59. The minimum absolute atomic E-state index is 0.280. The Balaban J connectivity index is 3.41. The number of rotatable bonds is 8. The highest BCUT2D eigenvalue weighted by atomic mass is 127. The summed E-state index contributed by atoms with van der Waals surface area (Å²) in [6.07, 6.45) is 1.82. The van der Waals surface area contributed by atoms with E-state index in [9.17, 15) is 8.42 Å². The van der Waals surface area contributed by atoms with Crippen LogP contribution in [-0.4, -0.2) is 37.4 Å². The first-order valence-electron chi connectivity index (χ1n) is 4.59. The maximum atomic E-state index is 11.2. The maximum absolute atomic E-state index is 11.2. The highest BCUT2D eigenvalue weighted by Gasteiger charge is 2.07. The molecular formula is C8H18INO2S. The Hall–Kier alpha value is 0.640. The summed E-state index contributed by atoms with van der Waals surface area (Å²) in [7, 11) is -2.78. The van der Waals surface area contributed by atoms with Crippen molar-refractivity contribution in [2.24, 2.45) is 0 Å². The first-order chi connectivity index (χ1) is 6.12. The van der Waals surface area contributed by atoms with Gasteiger partial charge >= 0.3 is 0 Å². The molecule has 0 spiro atoms. The van der Waals surface area contributed by atoms with Gasteiger partial charge in [-0.2, -0.15) is 0 Å². The monoisotopic (exact) mass is 319 g/mol. The van der Waals surface area contributed by atoms with E-state index in [1.807, 2.05) is 6.92 Å². The molecule has 0 aromatic heterocycles. The molecule has 5 heteroatoms. The van der Waals surface area contributed by atoms with Gasteiger partial charge in [0.15, 0.2) is 9.84 Å². The quantitative estimate of drug-likeness (QED) is 0.416. The molecule has 0 aliphatic carbocycles. The zero-order valence-corrected chi connectivity index (χ0v) is 11.0. The number of hydrogen-bond donors (Lipinski definition) is 1. The lowest BCUT2D eigenvalue weighted by Gasteiger charge is -2.03. The molecule has 0 aromatic carbocycles. The third-order valence-corrected chi connectivity index (χ3v) is 4.21. The molecule has 0 aromatic rings. The van der Waals surface area contributed by atoms with Crippen molar-refractivity contribution in [2.45, 2.75) is 19.8 Å². The molecule has 0 heterocycles. The van der Waals surface area contributed by atoms with Gasteiger partial charge in [-0.1, -0.05) is 29.5 Å². The largest absolute Gasteiger partial charge is 0.316 e. The second-order valence-corrected chi connectivity index (χ2v) is 6.33. The Kier molecular flexibility index (Phi) is 8.38. The number of alkyl halides is 1. The van der Waals surface area contributed by atoms with Crippen LogP contribution in [0.25, 0.3) is 0 Å². The van der Waals surface area contributed by atoms with Crippen molar-refractivity contribution in [1.82, 2.24) is 5.32 Å². The molecular weight excluding hydrogens is 301 g/mol. The fourth-order valence-electron chi connectivity index (χ4n) is 0.958. The molecule has 0 unspecified atom stereocenters. The number of halogens is 1. The van der Waals surface area contributed by atoms with E-state index in [1.54, 1.807) is 0 Å². The van der Waals surface area contributed by atoms with Crippen molar-refractivity contribution >= 4 is 32.4 Å². The van der Waals surface area contributed by atoms with E-state index in [-0.39, 0.29) is 5.75 Å². The second kappa shape index (κ2) is 7.99. The average molecular weight is 319 g/mol. The highest BCUT2D eigenvalue weighted by Crippen LogP contribution is 1.92. The van der Waals surface area contributed by atoms with Gasteiger partial charge in [0.05, 0.1) is 5.75 Å². The normalized spacial score (nSPS) is 11.8. The SMILES string of the molecule is CCCS(=O)(=O)CCNCCCI. The van der Waals surface area contributed by atoms with Crippen LogP contribution in [0.2, 0.25) is 0 Å². The zero-order chi connectivity index (χ0) is 10.2. The molecule has 0 fully saturated rings. The molecule has 0 saturated carbocycles. The smallest absolute Gasteiger partial charge is 0.151 e. The van der Waals surface area contributed by atoms with Gasteiger partial charge in [-0.25, -0.2) is 8.42 Å². The molecule has 0 amide bonds. The summed E-state index contributed by atoms with van der Waals surface area (Å²) in [5, 5.41) is 3.12. The minimum atomic E-state index is -2.78. The summed E-state index contributed by atoms with van der Waals surface area (Å²) in [6, 6.07) is 0. The standard InChI is InChI=1S/C8H18INO2S/c1-2-7-13(11,12)8-6-10-5-3-4-9/h10H,2-8H2,1H3. The zero-order valence-electron chi connectivity index (χ0n) is 8.05. The van der Waals surface area contributed by atoms with Crippen LogP contribution in [0.5, 0.6) is 0 Å². The number of sulfone groups is 1. The van der Waals surface area contributed by atoms with Gasteiger partial charge in [-0.15, -0.1) is 0 Å². The lowest BCUT2D eigenvalue weighted by molar-refractivity contribution is 0.589. The molecule has 13 heavy (non-hydrogen) atoms. The summed E-state index contributed by atoms with van der Waals surface area (Å²) in [5.74, 6) is 0.600. The molecule has 0 radical (unpaired) electrons. The van der Waals surface area contributed by atoms with Crippen LogP contribution >= 0.6 is 22.6 Å². The van der Waals surface area contributed by atoms with E-state index in [0.29, 0.717) is 12.3 Å². The van der Waals surface area contributed by atoms with E-state index >= 15 is 0 Å². The maximum Gasteiger partial charge on any atom is 0.151 e. The lowest BCUT2D eigenvalue weighted by atomic mass is 10.5. The summed E-state index contributed by atoms with van der Waals surface area (Å²) < 4.78 is 23.6. The second-order valence-electron chi connectivity index (χ2n) is 2.94. The highest BCUT2D eigenvalue weighted by molar-refractivity contribution is 14.1. The molecule has 0 aliphatic heterocycles. The fourth-order valence-corrected chi connectivity index (χ4v) is 2.62. The number of hydrogen-bond acceptors (Lipinski definition) is 3. The van der Waals surface area contributed by atoms with E-state index < -0.39 is 9.84 Å². The molecule has 0 rings (SSSR count). The van der Waals surface area contributed by atoms with Crippen LogP contribution in [0.4, 0.5) is 0 Å². The minimum Gasteiger partial charge on any atom is -0.316 e. The molecule has 0 aliphatic rings. The predicted molar refractivity (Wildman–Crippen MR) is 65.3 cm³/mol. The predicted octanol–water partition coefficient (Wildman–Crippen LogP) is 1.23. The summed E-state index contributed by atoms with van der Waals surface area (Å²) in [6.45, 7) is 3.41. The summed E-state index contributed by atoms with van der Waals surface area (Å²) in [4.78, 5) is 0. The Bertz CT molecular complexity index is 204. The molecule has 3 nitrogen and oxygen atoms in total. The van der Waals surface area contributed by atoms with Crippen molar-refractivity contribution < 1.29 is 8.42 Å². The summed E-state index contributed by atoms with van der Waals surface area (Å²) >= 11 is 2.31. The summed E-state index contributed by atoms with van der Waals surface area (Å²) in [5.41, 5.74) is 0. The topological polar surface area (TPSA) is 46.2 Å². The average Bonchev–Trinajstić information content (AvgIpc) is 2.04. The van der Waals surface area contributed by atoms with Crippen LogP contribution in [-0.2, 0) is 9.84 Å². The van der Waals surface area contributed by atoms with Crippen LogP contribution in [0.15, 0.2) is 0 Å². The Morgan fingerprint density at radius 2 is 1.92 bits per heavy atom.